The minimum absolute atomic E-state index is 0.861. The Morgan fingerprint density at radius 3 is 3.00 bits per heavy atom. The van der Waals surface area contributed by atoms with E-state index in [1.807, 2.05) is 24.4 Å². The third kappa shape index (κ3) is 2.27. The predicted molar refractivity (Wildman–Crippen MR) is 50.4 cm³/mol. The van der Waals surface area contributed by atoms with Crippen molar-refractivity contribution in [3.63, 3.8) is 0 Å². The summed E-state index contributed by atoms with van der Waals surface area (Å²) in [5.41, 5.74) is 1.77. The summed E-state index contributed by atoms with van der Waals surface area (Å²) in [6, 6.07) is 0. The van der Waals surface area contributed by atoms with Crippen molar-refractivity contribution < 1.29 is 0 Å². The molecule has 12 heavy (non-hydrogen) atoms. The highest BCUT2D eigenvalue weighted by molar-refractivity contribution is 7.03. The summed E-state index contributed by atoms with van der Waals surface area (Å²) in [6.45, 7) is 4.88. The Bertz CT molecular complexity index is 254. The monoisotopic (exact) mass is 184 g/mol. The van der Waals surface area contributed by atoms with Crippen molar-refractivity contribution in [2.45, 2.75) is 13.8 Å². The van der Waals surface area contributed by atoms with Crippen molar-refractivity contribution in [3.8, 4) is 0 Å². The average Bonchev–Trinajstić information content (AvgIpc) is 2.56. The van der Waals surface area contributed by atoms with Crippen LogP contribution in [0.2, 0.25) is 0 Å². The van der Waals surface area contributed by atoms with Crippen LogP contribution in [0, 0.1) is 0 Å². The van der Waals surface area contributed by atoms with Gasteiger partial charge in [0.05, 0.1) is 5.71 Å². The maximum Gasteiger partial charge on any atom is 0.121 e. The van der Waals surface area contributed by atoms with Crippen LogP contribution < -0.4 is 0 Å². The van der Waals surface area contributed by atoms with Gasteiger partial charge in [0.25, 0.3) is 0 Å². The summed E-state index contributed by atoms with van der Waals surface area (Å²) < 4.78 is 3.77. The van der Waals surface area contributed by atoms with Crippen molar-refractivity contribution >= 4 is 17.2 Å². The van der Waals surface area contributed by atoms with E-state index in [0.717, 1.165) is 18.0 Å². The van der Waals surface area contributed by atoms with Gasteiger partial charge < -0.3 is 5.01 Å². The maximum absolute atomic E-state index is 4.29. The molecule has 0 unspecified atom stereocenters. The molecule has 0 aliphatic rings. The Morgan fingerprint density at radius 1 is 1.75 bits per heavy atom. The lowest BCUT2D eigenvalue weighted by molar-refractivity contribution is 0.375. The standard InChI is InChI=1S/C7H12N4S/c1-4-11(3)9-6(2)7-5-12-10-8-7/h5H,4H2,1-3H3/b9-6+. The van der Waals surface area contributed by atoms with Crippen molar-refractivity contribution in [3.05, 3.63) is 11.1 Å². The van der Waals surface area contributed by atoms with E-state index in [1.54, 1.807) is 0 Å². The SMILES string of the molecule is CCN(C)/N=C(\C)c1csnn1. The van der Waals surface area contributed by atoms with E-state index in [0.29, 0.717) is 0 Å². The fourth-order valence-electron chi connectivity index (χ4n) is 0.700. The van der Waals surface area contributed by atoms with Gasteiger partial charge in [0.2, 0.25) is 0 Å². The number of hydrogen-bond acceptors (Lipinski definition) is 5. The van der Waals surface area contributed by atoms with Crippen LogP contribution in [-0.4, -0.2) is 33.9 Å². The van der Waals surface area contributed by atoms with Crippen LogP contribution in [0.25, 0.3) is 0 Å². The molecule has 0 spiro atoms. The van der Waals surface area contributed by atoms with Gasteiger partial charge >= 0.3 is 0 Å². The van der Waals surface area contributed by atoms with E-state index in [2.05, 4.69) is 21.6 Å². The first-order valence-electron chi connectivity index (χ1n) is 3.77. The third-order valence-corrected chi connectivity index (χ3v) is 2.01. The zero-order chi connectivity index (χ0) is 8.97. The lowest BCUT2D eigenvalue weighted by Gasteiger charge is -2.09. The molecule has 0 bridgehead atoms. The van der Waals surface area contributed by atoms with Crippen LogP contribution in [0.5, 0.6) is 0 Å². The molecule has 0 saturated carbocycles. The number of aromatic nitrogens is 2. The van der Waals surface area contributed by atoms with E-state index in [9.17, 15) is 0 Å². The van der Waals surface area contributed by atoms with Crippen LogP contribution >= 0.6 is 11.5 Å². The lowest BCUT2D eigenvalue weighted by Crippen LogP contribution is -2.12. The molecule has 66 valence electrons. The number of rotatable bonds is 3. The minimum Gasteiger partial charge on any atom is -0.300 e. The molecule has 0 N–H and O–H groups in total. The van der Waals surface area contributed by atoms with E-state index in [1.165, 1.54) is 11.5 Å². The zero-order valence-corrected chi connectivity index (χ0v) is 8.30. The Labute approximate surface area is 76.1 Å². The Morgan fingerprint density at radius 2 is 2.50 bits per heavy atom. The summed E-state index contributed by atoms with van der Waals surface area (Å²) in [6.07, 6.45) is 0. The summed E-state index contributed by atoms with van der Waals surface area (Å²) >= 11 is 1.34. The molecule has 0 atom stereocenters. The van der Waals surface area contributed by atoms with Crippen LogP contribution in [-0.2, 0) is 0 Å². The predicted octanol–water partition coefficient (Wildman–Crippen LogP) is 1.21. The number of nitrogens with zero attached hydrogens (tertiary/aromatic N) is 4. The van der Waals surface area contributed by atoms with E-state index in [-0.39, 0.29) is 0 Å². The van der Waals surface area contributed by atoms with Crippen LogP contribution in [0.4, 0.5) is 0 Å². The number of hydrazone groups is 1. The van der Waals surface area contributed by atoms with Gasteiger partial charge in [-0.1, -0.05) is 4.49 Å². The average molecular weight is 184 g/mol. The molecule has 1 aromatic rings. The molecule has 0 aliphatic heterocycles. The summed E-state index contributed by atoms with van der Waals surface area (Å²) in [4.78, 5) is 0. The molecular formula is C7H12N4S. The van der Waals surface area contributed by atoms with Gasteiger partial charge in [-0.05, 0) is 25.4 Å². The van der Waals surface area contributed by atoms with E-state index < -0.39 is 0 Å². The van der Waals surface area contributed by atoms with Crippen molar-refractivity contribution in [1.82, 2.24) is 14.6 Å². The Hall–Kier alpha value is -0.970. The molecule has 4 nitrogen and oxygen atoms in total. The molecule has 0 aromatic carbocycles. The first-order valence-corrected chi connectivity index (χ1v) is 4.61. The smallest absolute Gasteiger partial charge is 0.121 e. The fourth-order valence-corrected chi connectivity index (χ4v) is 1.20. The van der Waals surface area contributed by atoms with Crippen LogP contribution in [0.1, 0.15) is 19.5 Å². The van der Waals surface area contributed by atoms with Crippen LogP contribution in [0.3, 0.4) is 0 Å². The Balaban J connectivity index is 2.71. The van der Waals surface area contributed by atoms with Crippen molar-refractivity contribution in [2.75, 3.05) is 13.6 Å². The topological polar surface area (TPSA) is 41.4 Å². The molecule has 1 rings (SSSR count). The van der Waals surface area contributed by atoms with E-state index >= 15 is 0 Å². The van der Waals surface area contributed by atoms with Gasteiger partial charge in [-0.25, -0.2) is 0 Å². The summed E-state index contributed by atoms with van der Waals surface area (Å²) in [5.74, 6) is 0. The summed E-state index contributed by atoms with van der Waals surface area (Å²) in [5, 5.41) is 12.0. The van der Waals surface area contributed by atoms with Gasteiger partial charge in [-0.2, -0.15) is 5.10 Å². The third-order valence-electron chi connectivity index (χ3n) is 1.51. The summed E-state index contributed by atoms with van der Waals surface area (Å²) in [7, 11) is 1.93. The molecule has 1 heterocycles. The van der Waals surface area contributed by atoms with Crippen LogP contribution in [0.15, 0.2) is 10.5 Å². The molecule has 0 saturated heterocycles. The van der Waals surface area contributed by atoms with Crippen molar-refractivity contribution in [1.29, 1.82) is 0 Å². The fraction of sp³-hybridized carbons (Fsp3) is 0.571. The highest BCUT2D eigenvalue weighted by Crippen LogP contribution is 2.00. The molecule has 1 aromatic heterocycles. The molecular weight excluding hydrogens is 172 g/mol. The van der Waals surface area contributed by atoms with Crippen molar-refractivity contribution in [2.24, 2.45) is 5.10 Å². The van der Waals surface area contributed by atoms with Gasteiger partial charge in [-0.3, -0.25) is 0 Å². The molecule has 0 aliphatic carbocycles. The Kier molecular flexibility index (Phi) is 3.16. The highest BCUT2D eigenvalue weighted by Gasteiger charge is 2.00. The second-order valence-corrected chi connectivity index (χ2v) is 3.06. The molecule has 5 heteroatoms. The van der Waals surface area contributed by atoms with Gasteiger partial charge in [0.15, 0.2) is 0 Å². The maximum atomic E-state index is 4.29. The van der Waals surface area contributed by atoms with E-state index in [4.69, 9.17) is 0 Å². The second kappa shape index (κ2) is 4.15. The largest absolute Gasteiger partial charge is 0.300 e. The first-order chi connectivity index (χ1) is 5.74. The molecule has 0 amide bonds. The van der Waals surface area contributed by atoms with Gasteiger partial charge in [0, 0.05) is 19.0 Å². The highest BCUT2D eigenvalue weighted by atomic mass is 32.1. The van der Waals surface area contributed by atoms with Gasteiger partial charge in [0.1, 0.15) is 5.69 Å². The lowest BCUT2D eigenvalue weighted by atomic mass is 10.3. The quantitative estimate of drug-likeness (QED) is 0.524. The molecule has 0 radical (unpaired) electrons. The second-order valence-electron chi connectivity index (χ2n) is 2.45. The molecule has 0 fully saturated rings. The first kappa shape index (κ1) is 9.12. The zero-order valence-electron chi connectivity index (χ0n) is 7.48. The number of hydrogen-bond donors (Lipinski definition) is 0. The minimum atomic E-state index is 0.861. The van der Waals surface area contributed by atoms with Gasteiger partial charge in [-0.15, -0.1) is 5.10 Å². The normalized spacial score (nSPS) is 11.8.